The van der Waals surface area contributed by atoms with Gasteiger partial charge in [-0.15, -0.1) is 12.4 Å². The van der Waals surface area contributed by atoms with Crippen LogP contribution in [0.1, 0.15) is 26.0 Å². The van der Waals surface area contributed by atoms with Gasteiger partial charge in [0.1, 0.15) is 4.90 Å². The third-order valence-electron chi connectivity index (χ3n) is 4.93. The summed E-state index contributed by atoms with van der Waals surface area (Å²) in [5.41, 5.74) is 7.22. The zero-order valence-corrected chi connectivity index (χ0v) is 17.4. The molecule has 0 aliphatic carbocycles. The monoisotopic (exact) mass is 418 g/mol. The van der Waals surface area contributed by atoms with Gasteiger partial charge in [-0.3, -0.25) is 0 Å². The maximum Gasteiger partial charge on any atom is 0.246 e. The van der Waals surface area contributed by atoms with Gasteiger partial charge in [0, 0.05) is 24.2 Å². The number of benzene rings is 1. The summed E-state index contributed by atoms with van der Waals surface area (Å²) in [6, 6.07) is 7.11. The van der Waals surface area contributed by atoms with Crippen molar-refractivity contribution in [3.8, 4) is 5.69 Å². The van der Waals surface area contributed by atoms with E-state index >= 15 is 0 Å². The molecular weight excluding hydrogens is 395 g/mol. The molecule has 1 aliphatic heterocycles. The fourth-order valence-electron chi connectivity index (χ4n) is 3.16. The Bertz CT molecular complexity index is 879. The minimum Gasteiger partial charge on any atom is -0.327 e. The Kier molecular flexibility index (Phi) is 6.09. The van der Waals surface area contributed by atoms with Gasteiger partial charge in [-0.1, -0.05) is 25.4 Å². The minimum absolute atomic E-state index is 0. The first-order valence-corrected chi connectivity index (χ1v) is 10.0. The van der Waals surface area contributed by atoms with Crippen molar-refractivity contribution in [1.82, 2.24) is 14.1 Å². The lowest BCUT2D eigenvalue weighted by Crippen LogP contribution is -2.53. The number of sulfonamides is 1. The first kappa shape index (κ1) is 21.2. The Balaban J connectivity index is 0.00000243. The number of hydrogen-bond donors (Lipinski definition) is 1. The Morgan fingerprint density at radius 2 is 1.88 bits per heavy atom. The Labute approximate surface area is 165 Å². The fourth-order valence-corrected chi connectivity index (χ4v) is 5.05. The van der Waals surface area contributed by atoms with Crippen molar-refractivity contribution < 1.29 is 8.42 Å². The second kappa shape index (κ2) is 7.48. The van der Waals surface area contributed by atoms with Crippen LogP contribution in [0.3, 0.4) is 0 Å². The zero-order chi connectivity index (χ0) is 18.4. The summed E-state index contributed by atoms with van der Waals surface area (Å²) in [6.07, 6.45) is 2.07. The molecule has 9 heteroatoms. The average molecular weight is 419 g/mol. The molecule has 3 rings (SSSR count). The summed E-state index contributed by atoms with van der Waals surface area (Å²) in [4.78, 5) is 0.230. The van der Waals surface area contributed by atoms with E-state index < -0.39 is 10.0 Å². The Morgan fingerprint density at radius 1 is 1.27 bits per heavy atom. The highest BCUT2D eigenvalue weighted by molar-refractivity contribution is 7.89. The summed E-state index contributed by atoms with van der Waals surface area (Å²) in [7, 11) is -3.61. The first-order valence-electron chi connectivity index (χ1n) is 8.19. The standard InChI is InChI=1S/C17H23ClN4O2S.ClH/c1-12-15(10-20-22(12)14-6-4-13(18)5-7-14)25(23,24)21-9-8-16(19)17(2,3)11-21;/h4-7,10,16H,8-9,11,19H2,1-3H3;1H. The van der Waals surface area contributed by atoms with Crippen molar-refractivity contribution in [2.75, 3.05) is 13.1 Å². The van der Waals surface area contributed by atoms with Crippen LogP contribution >= 0.6 is 24.0 Å². The van der Waals surface area contributed by atoms with Crippen LogP contribution in [-0.2, 0) is 10.0 Å². The SMILES string of the molecule is Cc1c(S(=O)(=O)N2CCC(N)C(C)(C)C2)cnn1-c1ccc(Cl)cc1.Cl. The molecule has 6 nitrogen and oxygen atoms in total. The van der Waals surface area contributed by atoms with E-state index in [9.17, 15) is 8.42 Å². The molecule has 2 N–H and O–H groups in total. The van der Waals surface area contributed by atoms with Gasteiger partial charge in [-0.2, -0.15) is 9.40 Å². The number of nitrogens with two attached hydrogens (primary N) is 1. The summed E-state index contributed by atoms with van der Waals surface area (Å²) >= 11 is 5.91. The number of nitrogens with zero attached hydrogens (tertiary/aromatic N) is 3. The van der Waals surface area contributed by atoms with Crippen LogP contribution in [0.4, 0.5) is 0 Å². The number of hydrogen-bond acceptors (Lipinski definition) is 4. The van der Waals surface area contributed by atoms with Crippen LogP contribution < -0.4 is 5.73 Å². The fraction of sp³-hybridized carbons (Fsp3) is 0.471. The largest absolute Gasteiger partial charge is 0.327 e. The van der Waals surface area contributed by atoms with E-state index in [0.717, 1.165) is 5.69 Å². The summed E-state index contributed by atoms with van der Waals surface area (Å²) in [6.45, 7) is 6.60. The highest BCUT2D eigenvalue weighted by Crippen LogP contribution is 2.32. The molecule has 1 aromatic heterocycles. The van der Waals surface area contributed by atoms with Crippen molar-refractivity contribution in [1.29, 1.82) is 0 Å². The van der Waals surface area contributed by atoms with Gasteiger partial charge in [0.05, 0.1) is 17.6 Å². The van der Waals surface area contributed by atoms with Gasteiger partial charge in [0.25, 0.3) is 0 Å². The third kappa shape index (κ3) is 3.77. The molecule has 1 unspecified atom stereocenters. The Hall–Kier alpha value is -1.12. The first-order chi connectivity index (χ1) is 11.6. The van der Waals surface area contributed by atoms with Gasteiger partial charge < -0.3 is 5.73 Å². The van der Waals surface area contributed by atoms with Crippen molar-refractivity contribution in [2.45, 2.75) is 38.1 Å². The zero-order valence-electron chi connectivity index (χ0n) is 15.0. The molecular formula is C17H24Cl2N4O2S. The molecule has 0 bridgehead atoms. The molecule has 1 aromatic carbocycles. The molecule has 2 heterocycles. The van der Waals surface area contributed by atoms with Crippen LogP contribution in [0.5, 0.6) is 0 Å². The van der Waals surface area contributed by atoms with Crippen molar-refractivity contribution in [3.05, 3.63) is 41.2 Å². The van der Waals surface area contributed by atoms with Gasteiger partial charge in [-0.05, 0) is 43.0 Å². The lowest BCUT2D eigenvalue weighted by atomic mass is 9.81. The van der Waals surface area contributed by atoms with Gasteiger partial charge in [-0.25, -0.2) is 13.1 Å². The maximum absolute atomic E-state index is 13.1. The topological polar surface area (TPSA) is 81.2 Å². The van der Waals surface area contributed by atoms with E-state index in [0.29, 0.717) is 30.2 Å². The number of aromatic nitrogens is 2. The summed E-state index contributed by atoms with van der Waals surface area (Å²) < 4.78 is 29.4. The molecule has 2 aromatic rings. The average Bonchev–Trinajstić information content (AvgIpc) is 2.93. The minimum atomic E-state index is -3.61. The van der Waals surface area contributed by atoms with Gasteiger partial charge >= 0.3 is 0 Å². The predicted molar refractivity (Wildman–Crippen MR) is 106 cm³/mol. The summed E-state index contributed by atoms with van der Waals surface area (Å²) in [5.74, 6) is 0. The lowest BCUT2D eigenvalue weighted by Gasteiger charge is -2.41. The predicted octanol–water partition coefficient (Wildman–Crippen LogP) is 3.00. The van der Waals surface area contributed by atoms with Gasteiger partial charge in [0.2, 0.25) is 10.0 Å². The molecule has 1 aliphatic rings. The molecule has 0 amide bonds. The van der Waals surface area contributed by atoms with E-state index in [1.54, 1.807) is 23.7 Å². The maximum atomic E-state index is 13.1. The van der Waals surface area contributed by atoms with Gasteiger partial charge in [0.15, 0.2) is 0 Å². The van der Waals surface area contributed by atoms with Crippen molar-refractivity contribution >= 4 is 34.0 Å². The lowest BCUT2D eigenvalue weighted by molar-refractivity contribution is 0.155. The molecule has 1 saturated heterocycles. The molecule has 0 radical (unpaired) electrons. The molecule has 144 valence electrons. The van der Waals surface area contributed by atoms with Crippen LogP contribution in [0, 0.1) is 12.3 Å². The summed E-state index contributed by atoms with van der Waals surface area (Å²) in [5, 5.41) is 4.89. The molecule has 1 atom stereocenters. The second-order valence-electron chi connectivity index (χ2n) is 7.20. The number of halogens is 2. The van der Waals surface area contributed by atoms with Crippen LogP contribution in [0.25, 0.3) is 5.69 Å². The number of rotatable bonds is 3. The van der Waals surface area contributed by atoms with Crippen LogP contribution in [0.15, 0.2) is 35.4 Å². The molecule has 0 spiro atoms. The molecule has 0 saturated carbocycles. The quantitative estimate of drug-likeness (QED) is 0.830. The number of piperidine rings is 1. The molecule has 1 fully saturated rings. The third-order valence-corrected chi connectivity index (χ3v) is 7.13. The van der Waals surface area contributed by atoms with Crippen molar-refractivity contribution in [3.63, 3.8) is 0 Å². The van der Waals surface area contributed by atoms with Crippen LogP contribution in [0.2, 0.25) is 5.02 Å². The Morgan fingerprint density at radius 3 is 2.46 bits per heavy atom. The van der Waals surface area contributed by atoms with E-state index in [-0.39, 0.29) is 28.8 Å². The second-order valence-corrected chi connectivity index (χ2v) is 9.55. The highest BCUT2D eigenvalue weighted by Gasteiger charge is 2.39. The van der Waals surface area contributed by atoms with E-state index in [4.69, 9.17) is 17.3 Å². The molecule has 26 heavy (non-hydrogen) atoms. The highest BCUT2D eigenvalue weighted by atomic mass is 35.5. The van der Waals surface area contributed by atoms with E-state index in [2.05, 4.69) is 5.10 Å². The van der Waals surface area contributed by atoms with E-state index in [1.165, 1.54) is 10.5 Å². The van der Waals surface area contributed by atoms with Crippen LogP contribution in [-0.4, -0.2) is 41.6 Å². The normalized spacial score (nSPS) is 20.6. The smallest absolute Gasteiger partial charge is 0.246 e. The van der Waals surface area contributed by atoms with Crippen molar-refractivity contribution in [2.24, 2.45) is 11.1 Å². The van der Waals surface area contributed by atoms with E-state index in [1.807, 2.05) is 26.0 Å².